The van der Waals surface area contributed by atoms with Crippen LogP contribution in [0, 0.1) is 6.92 Å². The van der Waals surface area contributed by atoms with E-state index < -0.39 is 12.5 Å². The third kappa shape index (κ3) is 4.12. The lowest BCUT2D eigenvalue weighted by Gasteiger charge is -2.11. The standard InChI is InChI=1S/C15H12F3N3O3/c1-9-19-7-12(8-20-9)22-14-6-13(24-21-14)10-2-4-11(5-3-10)23-15(16,17)18/h2-5,7-8,13H,6H2,1H3/t13-/m0/s1. The quantitative estimate of drug-likeness (QED) is 0.856. The second-order valence-electron chi connectivity index (χ2n) is 4.97. The van der Waals surface area contributed by atoms with Crippen LogP contribution in [0.25, 0.3) is 0 Å². The molecule has 1 aromatic carbocycles. The maximum atomic E-state index is 12.1. The molecule has 24 heavy (non-hydrogen) atoms. The van der Waals surface area contributed by atoms with E-state index >= 15 is 0 Å². The van der Waals surface area contributed by atoms with Crippen LogP contribution in [0.3, 0.4) is 0 Å². The largest absolute Gasteiger partial charge is 0.573 e. The number of aryl methyl sites for hydroxylation is 1. The van der Waals surface area contributed by atoms with E-state index in [1.807, 2.05) is 0 Å². The van der Waals surface area contributed by atoms with Crippen molar-refractivity contribution >= 4 is 5.90 Å². The highest BCUT2D eigenvalue weighted by molar-refractivity contribution is 5.79. The van der Waals surface area contributed by atoms with Crippen LogP contribution in [0.2, 0.25) is 0 Å². The number of benzene rings is 1. The van der Waals surface area contributed by atoms with Gasteiger partial charge in [-0.25, -0.2) is 9.97 Å². The molecule has 0 N–H and O–H groups in total. The monoisotopic (exact) mass is 339 g/mol. The number of hydrogen-bond donors (Lipinski definition) is 0. The van der Waals surface area contributed by atoms with Crippen LogP contribution in [0.4, 0.5) is 13.2 Å². The fraction of sp³-hybridized carbons (Fsp3) is 0.267. The normalized spacial score (nSPS) is 17.2. The molecule has 0 amide bonds. The smallest absolute Gasteiger partial charge is 0.436 e. The van der Waals surface area contributed by atoms with Gasteiger partial charge in [-0.05, 0) is 24.6 Å². The third-order valence-electron chi connectivity index (χ3n) is 3.12. The molecule has 0 saturated heterocycles. The summed E-state index contributed by atoms with van der Waals surface area (Å²) < 4.78 is 45.7. The van der Waals surface area contributed by atoms with Crippen LogP contribution in [-0.2, 0) is 4.84 Å². The van der Waals surface area contributed by atoms with Gasteiger partial charge < -0.3 is 14.3 Å². The van der Waals surface area contributed by atoms with Crippen LogP contribution < -0.4 is 9.47 Å². The highest BCUT2D eigenvalue weighted by Gasteiger charge is 2.31. The van der Waals surface area contributed by atoms with Crippen LogP contribution >= 0.6 is 0 Å². The molecule has 0 fully saturated rings. The Morgan fingerprint density at radius 2 is 1.75 bits per heavy atom. The van der Waals surface area contributed by atoms with Crippen LogP contribution in [-0.4, -0.2) is 22.2 Å². The number of aromatic nitrogens is 2. The summed E-state index contributed by atoms with van der Waals surface area (Å²) in [5, 5.41) is 3.82. The summed E-state index contributed by atoms with van der Waals surface area (Å²) >= 11 is 0. The fourth-order valence-electron chi connectivity index (χ4n) is 2.05. The molecule has 0 saturated carbocycles. The molecule has 9 heteroatoms. The van der Waals surface area contributed by atoms with E-state index in [0.29, 0.717) is 29.5 Å². The lowest BCUT2D eigenvalue weighted by Crippen LogP contribution is -2.17. The molecule has 1 aliphatic rings. The molecule has 0 spiro atoms. The topological polar surface area (TPSA) is 65.8 Å². The summed E-state index contributed by atoms with van der Waals surface area (Å²) in [6.07, 6.45) is -1.78. The van der Waals surface area contributed by atoms with Crippen LogP contribution in [0.1, 0.15) is 23.9 Å². The second kappa shape index (κ2) is 6.34. The molecule has 6 nitrogen and oxygen atoms in total. The first kappa shape index (κ1) is 16.0. The molecule has 1 aromatic heterocycles. The van der Waals surface area contributed by atoms with Gasteiger partial charge in [0.1, 0.15) is 11.6 Å². The summed E-state index contributed by atoms with van der Waals surface area (Å²) in [4.78, 5) is 13.2. The van der Waals surface area contributed by atoms with Crippen molar-refractivity contribution in [3.8, 4) is 11.5 Å². The number of alkyl halides is 3. The highest BCUT2D eigenvalue weighted by Crippen LogP contribution is 2.30. The Bertz CT molecular complexity index is 730. The molecular weight excluding hydrogens is 327 g/mol. The van der Waals surface area contributed by atoms with Crippen molar-refractivity contribution in [1.82, 2.24) is 9.97 Å². The zero-order chi connectivity index (χ0) is 17.2. The second-order valence-corrected chi connectivity index (χ2v) is 4.97. The molecule has 1 aliphatic heterocycles. The van der Waals surface area contributed by atoms with Crippen LogP contribution in [0.15, 0.2) is 41.8 Å². The van der Waals surface area contributed by atoms with Crippen molar-refractivity contribution in [3.05, 3.63) is 48.0 Å². The summed E-state index contributed by atoms with van der Waals surface area (Å²) in [7, 11) is 0. The van der Waals surface area contributed by atoms with E-state index in [1.165, 1.54) is 36.7 Å². The van der Waals surface area contributed by atoms with Gasteiger partial charge in [-0.3, -0.25) is 0 Å². The maximum absolute atomic E-state index is 12.1. The summed E-state index contributed by atoms with van der Waals surface area (Å²) in [6.45, 7) is 1.75. The molecule has 126 valence electrons. The number of ether oxygens (including phenoxy) is 2. The van der Waals surface area contributed by atoms with Crippen LogP contribution in [0.5, 0.6) is 11.5 Å². The first-order chi connectivity index (χ1) is 11.4. The predicted octanol–water partition coefficient (Wildman–Crippen LogP) is 3.54. The van der Waals surface area contributed by atoms with Gasteiger partial charge in [0.15, 0.2) is 11.9 Å². The van der Waals surface area contributed by atoms with E-state index in [2.05, 4.69) is 19.9 Å². The van der Waals surface area contributed by atoms with Gasteiger partial charge >= 0.3 is 6.36 Å². The van der Waals surface area contributed by atoms with Crippen molar-refractivity contribution < 1.29 is 27.5 Å². The third-order valence-corrected chi connectivity index (χ3v) is 3.12. The molecule has 0 aliphatic carbocycles. The number of rotatable bonds is 3. The van der Waals surface area contributed by atoms with Gasteiger partial charge in [-0.2, -0.15) is 0 Å². The molecule has 0 bridgehead atoms. The average Bonchev–Trinajstić information content (AvgIpc) is 2.97. The van der Waals surface area contributed by atoms with E-state index in [-0.39, 0.29) is 5.75 Å². The number of halogens is 3. The lowest BCUT2D eigenvalue weighted by atomic mass is 10.1. The Kier molecular flexibility index (Phi) is 4.24. The Morgan fingerprint density at radius 3 is 2.38 bits per heavy atom. The van der Waals surface area contributed by atoms with Gasteiger partial charge in [0.25, 0.3) is 0 Å². The number of oxime groups is 1. The number of hydrogen-bond acceptors (Lipinski definition) is 6. The van der Waals surface area contributed by atoms with Crippen molar-refractivity contribution in [2.24, 2.45) is 5.16 Å². The predicted molar refractivity (Wildman–Crippen MR) is 76.4 cm³/mol. The van der Waals surface area contributed by atoms with Crippen molar-refractivity contribution in [2.45, 2.75) is 25.8 Å². The molecule has 2 heterocycles. The average molecular weight is 339 g/mol. The van der Waals surface area contributed by atoms with Gasteiger partial charge in [0.05, 0.1) is 18.8 Å². The SMILES string of the molecule is Cc1ncc(OC2=NO[C@H](c3ccc(OC(F)(F)F)cc3)C2)cn1. The molecular formula is C15H12F3N3O3. The minimum atomic E-state index is -4.72. The van der Waals surface area contributed by atoms with Crippen molar-refractivity contribution in [3.63, 3.8) is 0 Å². The van der Waals surface area contributed by atoms with E-state index in [1.54, 1.807) is 6.92 Å². The molecule has 0 radical (unpaired) electrons. The maximum Gasteiger partial charge on any atom is 0.573 e. The lowest BCUT2D eigenvalue weighted by molar-refractivity contribution is -0.274. The molecule has 3 rings (SSSR count). The van der Waals surface area contributed by atoms with E-state index in [0.717, 1.165) is 0 Å². The Balaban J connectivity index is 1.59. The van der Waals surface area contributed by atoms with Crippen molar-refractivity contribution in [2.75, 3.05) is 0 Å². The molecule has 0 unspecified atom stereocenters. The van der Waals surface area contributed by atoms with E-state index in [4.69, 9.17) is 9.57 Å². The Labute approximate surface area is 134 Å². The van der Waals surface area contributed by atoms with Gasteiger partial charge in [0.2, 0.25) is 5.90 Å². The zero-order valence-electron chi connectivity index (χ0n) is 12.4. The minimum absolute atomic E-state index is 0.293. The Hall–Kier alpha value is -2.84. The van der Waals surface area contributed by atoms with Crippen molar-refractivity contribution in [1.29, 1.82) is 0 Å². The highest BCUT2D eigenvalue weighted by atomic mass is 19.4. The Morgan fingerprint density at radius 1 is 1.08 bits per heavy atom. The van der Waals surface area contributed by atoms with E-state index in [9.17, 15) is 13.2 Å². The first-order valence-corrected chi connectivity index (χ1v) is 6.94. The zero-order valence-corrected chi connectivity index (χ0v) is 12.4. The summed E-state index contributed by atoms with van der Waals surface area (Å²) in [6, 6.07) is 5.41. The first-order valence-electron chi connectivity index (χ1n) is 6.94. The molecule has 1 atom stereocenters. The van der Waals surface area contributed by atoms with Gasteiger partial charge in [-0.15, -0.1) is 13.2 Å². The molecule has 2 aromatic rings. The van der Waals surface area contributed by atoms with Gasteiger partial charge in [0, 0.05) is 0 Å². The minimum Gasteiger partial charge on any atom is -0.436 e. The number of nitrogens with zero attached hydrogens (tertiary/aromatic N) is 3. The van der Waals surface area contributed by atoms with Gasteiger partial charge in [-0.1, -0.05) is 17.3 Å². The fourth-order valence-corrected chi connectivity index (χ4v) is 2.05. The summed E-state index contributed by atoms with van der Waals surface area (Å²) in [5.41, 5.74) is 0.659. The summed E-state index contributed by atoms with van der Waals surface area (Å²) in [5.74, 6) is 1.09.